The number of aromatic nitrogens is 2. The van der Waals surface area contributed by atoms with E-state index < -0.39 is 0 Å². The largest absolute Gasteiger partial charge is 0.366 e. The van der Waals surface area contributed by atoms with Gasteiger partial charge < -0.3 is 4.90 Å². The summed E-state index contributed by atoms with van der Waals surface area (Å²) in [4.78, 5) is 4.95. The molecule has 0 radical (unpaired) electrons. The predicted octanol–water partition coefficient (Wildman–Crippen LogP) is 2.86. The third-order valence-corrected chi connectivity index (χ3v) is 4.25. The molecule has 116 valence electrons. The van der Waals surface area contributed by atoms with Crippen molar-refractivity contribution in [1.82, 2.24) is 15.1 Å². The van der Waals surface area contributed by atoms with Gasteiger partial charge in [0.25, 0.3) is 0 Å². The van der Waals surface area contributed by atoms with Crippen LogP contribution in [0.5, 0.6) is 0 Å². The van der Waals surface area contributed by atoms with E-state index in [1.807, 2.05) is 0 Å². The molecule has 1 aromatic carbocycles. The van der Waals surface area contributed by atoms with Gasteiger partial charge in [-0.2, -0.15) is 5.10 Å². The maximum Gasteiger partial charge on any atom is 0.0827 e. The Labute approximate surface area is 132 Å². The number of nitrogens with zero attached hydrogens (tertiary/aromatic N) is 3. The quantitative estimate of drug-likeness (QED) is 0.942. The van der Waals surface area contributed by atoms with Crippen molar-refractivity contribution in [2.45, 2.75) is 13.8 Å². The van der Waals surface area contributed by atoms with Crippen LogP contribution in [0.1, 0.15) is 17.0 Å². The minimum atomic E-state index is 1.02. The molecule has 1 N–H and O–H groups in total. The fourth-order valence-electron chi connectivity index (χ4n) is 3.07. The van der Waals surface area contributed by atoms with E-state index in [1.54, 1.807) is 0 Å². The van der Waals surface area contributed by atoms with Gasteiger partial charge in [-0.15, -0.1) is 0 Å². The van der Waals surface area contributed by atoms with Gasteiger partial charge in [0.05, 0.1) is 17.1 Å². The first kappa shape index (κ1) is 14.9. The SMILES string of the molecule is Cc1n[nH]c(C)c1N1CCN(C/C=C/c2ccccc2)CC1. The Balaban J connectivity index is 1.51. The second-order valence-electron chi connectivity index (χ2n) is 5.88. The Morgan fingerprint density at radius 3 is 2.45 bits per heavy atom. The predicted molar refractivity (Wildman–Crippen MR) is 92.2 cm³/mol. The van der Waals surface area contributed by atoms with E-state index in [0.717, 1.165) is 38.4 Å². The number of hydrogen-bond acceptors (Lipinski definition) is 3. The smallest absolute Gasteiger partial charge is 0.0827 e. The van der Waals surface area contributed by atoms with Crippen LogP contribution in [0, 0.1) is 13.8 Å². The number of hydrogen-bond donors (Lipinski definition) is 1. The van der Waals surface area contributed by atoms with Gasteiger partial charge in [-0.3, -0.25) is 10.00 Å². The lowest BCUT2D eigenvalue weighted by Gasteiger charge is -2.35. The number of anilines is 1. The molecule has 0 unspecified atom stereocenters. The van der Waals surface area contributed by atoms with Gasteiger partial charge in [0.1, 0.15) is 0 Å². The first-order chi connectivity index (χ1) is 10.7. The van der Waals surface area contributed by atoms with Gasteiger partial charge in [-0.05, 0) is 19.4 Å². The molecule has 1 aliphatic rings. The van der Waals surface area contributed by atoms with Crippen molar-refractivity contribution >= 4 is 11.8 Å². The third kappa shape index (κ3) is 3.39. The van der Waals surface area contributed by atoms with E-state index in [1.165, 1.54) is 16.9 Å². The highest BCUT2D eigenvalue weighted by Gasteiger charge is 2.20. The summed E-state index contributed by atoms with van der Waals surface area (Å²) in [6, 6.07) is 10.5. The molecule has 4 nitrogen and oxygen atoms in total. The molecule has 0 atom stereocenters. The summed E-state index contributed by atoms with van der Waals surface area (Å²) in [5, 5.41) is 7.38. The minimum Gasteiger partial charge on any atom is -0.366 e. The molecule has 0 bridgehead atoms. The number of rotatable bonds is 4. The van der Waals surface area contributed by atoms with Crippen molar-refractivity contribution in [3.63, 3.8) is 0 Å². The molecule has 2 aromatic rings. The van der Waals surface area contributed by atoms with Crippen LogP contribution in [0.2, 0.25) is 0 Å². The molecule has 2 heterocycles. The van der Waals surface area contributed by atoms with E-state index in [-0.39, 0.29) is 0 Å². The average Bonchev–Trinajstić information content (AvgIpc) is 2.88. The van der Waals surface area contributed by atoms with Crippen LogP contribution in [0.3, 0.4) is 0 Å². The Morgan fingerprint density at radius 1 is 1.09 bits per heavy atom. The first-order valence-corrected chi connectivity index (χ1v) is 7.94. The lowest BCUT2D eigenvalue weighted by atomic mass is 10.2. The zero-order valence-electron chi connectivity index (χ0n) is 13.4. The van der Waals surface area contributed by atoms with Gasteiger partial charge in [0.2, 0.25) is 0 Å². The Bertz CT molecular complexity index is 602. The highest BCUT2D eigenvalue weighted by molar-refractivity contribution is 5.54. The van der Waals surface area contributed by atoms with Gasteiger partial charge in [0.15, 0.2) is 0 Å². The van der Waals surface area contributed by atoms with E-state index in [0.29, 0.717) is 0 Å². The van der Waals surface area contributed by atoms with E-state index in [4.69, 9.17) is 0 Å². The molecule has 4 heteroatoms. The normalized spacial score (nSPS) is 16.5. The van der Waals surface area contributed by atoms with E-state index in [9.17, 15) is 0 Å². The number of nitrogens with one attached hydrogen (secondary N) is 1. The van der Waals surface area contributed by atoms with Crippen molar-refractivity contribution in [3.05, 3.63) is 53.4 Å². The monoisotopic (exact) mass is 296 g/mol. The summed E-state index contributed by atoms with van der Waals surface area (Å²) in [5.74, 6) is 0. The average molecular weight is 296 g/mol. The summed E-state index contributed by atoms with van der Waals surface area (Å²) in [6.07, 6.45) is 4.47. The van der Waals surface area contributed by atoms with E-state index in [2.05, 4.69) is 76.3 Å². The molecule has 22 heavy (non-hydrogen) atoms. The maximum atomic E-state index is 4.30. The third-order valence-electron chi connectivity index (χ3n) is 4.25. The number of H-pyrrole nitrogens is 1. The second kappa shape index (κ2) is 6.79. The number of piperazine rings is 1. The molecule has 3 rings (SSSR count). The van der Waals surface area contributed by atoms with Crippen LogP contribution >= 0.6 is 0 Å². The zero-order valence-corrected chi connectivity index (χ0v) is 13.4. The number of aromatic amines is 1. The van der Waals surface area contributed by atoms with Crippen molar-refractivity contribution in [2.75, 3.05) is 37.6 Å². The number of benzene rings is 1. The van der Waals surface area contributed by atoms with Crippen LogP contribution in [-0.4, -0.2) is 47.8 Å². The van der Waals surface area contributed by atoms with Crippen LogP contribution in [0.25, 0.3) is 6.08 Å². The van der Waals surface area contributed by atoms with Crippen LogP contribution in [0.4, 0.5) is 5.69 Å². The van der Waals surface area contributed by atoms with Crippen LogP contribution < -0.4 is 4.90 Å². The fourth-order valence-corrected chi connectivity index (χ4v) is 3.07. The van der Waals surface area contributed by atoms with Crippen molar-refractivity contribution in [1.29, 1.82) is 0 Å². The van der Waals surface area contributed by atoms with Gasteiger partial charge in [0, 0.05) is 32.7 Å². The minimum absolute atomic E-state index is 1.02. The lowest BCUT2D eigenvalue weighted by Crippen LogP contribution is -2.46. The highest BCUT2D eigenvalue weighted by Crippen LogP contribution is 2.23. The van der Waals surface area contributed by atoms with Crippen LogP contribution in [-0.2, 0) is 0 Å². The van der Waals surface area contributed by atoms with Crippen molar-refractivity contribution in [3.8, 4) is 0 Å². The molecule has 1 aromatic heterocycles. The summed E-state index contributed by atoms with van der Waals surface area (Å²) in [6.45, 7) is 9.54. The standard InChI is InChI=1S/C18H24N4/c1-15-18(16(2)20-19-15)22-13-11-21(12-14-22)10-6-9-17-7-4-3-5-8-17/h3-9H,10-14H2,1-2H3,(H,19,20)/b9-6+. The van der Waals surface area contributed by atoms with Crippen molar-refractivity contribution in [2.24, 2.45) is 0 Å². The summed E-state index contributed by atoms with van der Waals surface area (Å²) in [7, 11) is 0. The summed E-state index contributed by atoms with van der Waals surface area (Å²) < 4.78 is 0. The summed E-state index contributed by atoms with van der Waals surface area (Å²) >= 11 is 0. The maximum absolute atomic E-state index is 4.30. The first-order valence-electron chi connectivity index (χ1n) is 7.94. The molecule has 1 aliphatic heterocycles. The fraction of sp³-hybridized carbons (Fsp3) is 0.389. The van der Waals surface area contributed by atoms with Crippen molar-refractivity contribution < 1.29 is 0 Å². The Hall–Kier alpha value is -2.07. The Kier molecular flexibility index (Phi) is 4.59. The topological polar surface area (TPSA) is 35.2 Å². The lowest BCUT2D eigenvalue weighted by molar-refractivity contribution is 0.284. The molecular weight excluding hydrogens is 272 g/mol. The molecule has 0 aliphatic carbocycles. The molecular formula is C18H24N4. The molecule has 0 spiro atoms. The van der Waals surface area contributed by atoms with Gasteiger partial charge >= 0.3 is 0 Å². The molecule has 0 amide bonds. The van der Waals surface area contributed by atoms with E-state index >= 15 is 0 Å². The van der Waals surface area contributed by atoms with Gasteiger partial charge in [-0.25, -0.2) is 0 Å². The molecule has 1 saturated heterocycles. The molecule has 0 saturated carbocycles. The molecule has 1 fully saturated rings. The highest BCUT2D eigenvalue weighted by atomic mass is 15.3. The Morgan fingerprint density at radius 2 is 1.82 bits per heavy atom. The summed E-state index contributed by atoms with van der Waals surface area (Å²) in [5.41, 5.74) is 4.84. The van der Waals surface area contributed by atoms with Crippen LogP contribution in [0.15, 0.2) is 36.4 Å². The second-order valence-corrected chi connectivity index (χ2v) is 5.88. The zero-order chi connectivity index (χ0) is 15.4. The number of aryl methyl sites for hydroxylation is 2. The van der Waals surface area contributed by atoms with Gasteiger partial charge in [-0.1, -0.05) is 42.5 Å².